The zero-order chi connectivity index (χ0) is 18.0. The lowest BCUT2D eigenvalue weighted by atomic mass is 9.63. The first-order valence-electron chi connectivity index (χ1n) is 9.19. The Hall–Kier alpha value is -1.88. The lowest BCUT2D eigenvalue weighted by Crippen LogP contribution is -2.56. The molecule has 2 fully saturated rings. The molecule has 3 rings (SSSR count). The Kier molecular flexibility index (Phi) is 5.13. The SMILES string of the molecule is Cc1cc(C)cc(C2(C(=O)NC(C)C(=O)N3CCOCC3)CCC2)c1. The van der Waals surface area contributed by atoms with Crippen molar-refractivity contribution in [2.24, 2.45) is 0 Å². The zero-order valence-corrected chi connectivity index (χ0v) is 15.4. The van der Waals surface area contributed by atoms with Crippen LogP contribution in [-0.2, 0) is 19.7 Å². The van der Waals surface area contributed by atoms with E-state index in [-0.39, 0.29) is 11.8 Å². The van der Waals surface area contributed by atoms with Crippen LogP contribution >= 0.6 is 0 Å². The topological polar surface area (TPSA) is 58.6 Å². The van der Waals surface area contributed by atoms with Gasteiger partial charge in [0.1, 0.15) is 6.04 Å². The van der Waals surface area contributed by atoms with Crippen LogP contribution in [0.15, 0.2) is 18.2 Å². The van der Waals surface area contributed by atoms with E-state index in [4.69, 9.17) is 4.74 Å². The minimum atomic E-state index is -0.506. The number of benzene rings is 1. The summed E-state index contributed by atoms with van der Waals surface area (Å²) in [6.07, 6.45) is 2.74. The van der Waals surface area contributed by atoms with Crippen LogP contribution in [-0.4, -0.2) is 49.1 Å². The van der Waals surface area contributed by atoms with E-state index in [1.54, 1.807) is 11.8 Å². The monoisotopic (exact) mass is 344 g/mol. The number of hydrogen-bond acceptors (Lipinski definition) is 3. The molecule has 1 saturated heterocycles. The third-order valence-electron chi connectivity index (χ3n) is 5.46. The third kappa shape index (κ3) is 3.56. The highest BCUT2D eigenvalue weighted by Gasteiger charge is 2.46. The summed E-state index contributed by atoms with van der Waals surface area (Å²) in [5, 5.41) is 2.99. The summed E-state index contributed by atoms with van der Waals surface area (Å²) in [5.74, 6) is -0.0376. The van der Waals surface area contributed by atoms with Gasteiger partial charge in [0, 0.05) is 13.1 Å². The quantitative estimate of drug-likeness (QED) is 0.910. The van der Waals surface area contributed by atoms with E-state index in [0.717, 1.165) is 24.8 Å². The van der Waals surface area contributed by atoms with Crippen LogP contribution in [0.3, 0.4) is 0 Å². The summed E-state index contributed by atoms with van der Waals surface area (Å²) >= 11 is 0. The van der Waals surface area contributed by atoms with Gasteiger partial charge in [0.25, 0.3) is 0 Å². The molecular formula is C20H28N2O3. The van der Waals surface area contributed by atoms with Crippen molar-refractivity contribution in [1.29, 1.82) is 0 Å². The van der Waals surface area contributed by atoms with Crippen LogP contribution in [0.5, 0.6) is 0 Å². The Morgan fingerprint density at radius 3 is 2.24 bits per heavy atom. The van der Waals surface area contributed by atoms with Crippen LogP contribution in [0.4, 0.5) is 0 Å². The summed E-state index contributed by atoms with van der Waals surface area (Å²) in [5.41, 5.74) is 2.95. The van der Waals surface area contributed by atoms with Gasteiger partial charge < -0.3 is 15.0 Å². The first-order chi connectivity index (χ1) is 11.9. The van der Waals surface area contributed by atoms with Crippen molar-refractivity contribution < 1.29 is 14.3 Å². The molecule has 1 atom stereocenters. The molecule has 2 aliphatic rings. The summed E-state index contributed by atoms with van der Waals surface area (Å²) < 4.78 is 5.29. The van der Waals surface area contributed by atoms with Gasteiger partial charge in [-0.25, -0.2) is 0 Å². The number of hydrogen-bond donors (Lipinski definition) is 1. The van der Waals surface area contributed by atoms with Crippen molar-refractivity contribution in [1.82, 2.24) is 10.2 Å². The second-order valence-electron chi connectivity index (χ2n) is 7.44. The van der Waals surface area contributed by atoms with Crippen molar-refractivity contribution in [2.75, 3.05) is 26.3 Å². The molecule has 1 aromatic carbocycles. The number of carbonyl (C=O) groups is 2. The van der Waals surface area contributed by atoms with Crippen molar-refractivity contribution >= 4 is 11.8 Å². The number of aryl methyl sites for hydroxylation is 2. The van der Waals surface area contributed by atoms with Crippen LogP contribution in [0.1, 0.15) is 42.9 Å². The summed E-state index contributed by atoms with van der Waals surface area (Å²) in [4.78, 5) is 27.4. The van der Waals surface area contributed by atoms with E-state index >= 15 is 0 Å². The molecule has 1 heterocycles. The number of morpholine rings is 1. The normalized spacial score (nSPS) is 20.5. The minimum Gasteiger partial charge on any atom is -0.378 e. The van der Waals surface area contributed by atoms with Crippen molar-refractivity contribution in [3.8, 4) is 0 Å². The van der Waals surface area contributed by atoms with Gasteiger partial charge >= 0.3 is 0 Å². The minimum absolute atomic E-state index is 0.0159. The van der Waals surface area contributed by atoms with Gasteiger partial charge in [-0.3, -0.25) is 9.59 Å². The Balaban J connectivity index is 1.73. The van der Waals surface area contributed by atoms with Gasteiger partial charge in [0.15, 0.2) is 0 Å². The molecule has 1 saturated carbocycles. The highest BCUT2D eigenvalue weighted by Crippen LogP contribution is 2.44. The van der Waals surface area contributed by atoms with Crippen LogP contribution in [0.25, 0.3) is 0 Å². The van der Waals surface area contributed by atoms with Gasteiger partial charge in [-0.05, 0) is 39.2 Å². The molecule has 1 aromatic rings. The number of ether oxygens (including phenoxy) is 1. The fraction of sp³-hybridized carbons (Fsp3) is 0.600. The largest absolute Gasteiger partial charge is 0.378 e. The number of amides is 2. The fourth-order valence-corrected chi connectivity index (χ4v) is 3.88. The van der Waals surface area contributed by atoms with Crippen molar-refractivity contribution in [3.05, 3.63) is 34.9 Å². The number of rotatable bonds is 4. The molecule has 2 amide bonds. The molecule has 1 aliphatic carbocycles. The Morgan fingerprint density at radius 1 is 1.12 bits per heavy atom. The average Bonchev–Trinajstić information content (AvgIpc) is 2.53. The molecule has 1 N–H and O–H groups in total. The van der Waals surface area contributed by atoms with Crippen LogP contribution in [0, 0.1) is 13.8 Å². The van der Waals surface area contributed by atoms with E-state index in [0.29, 0.717) is 26.3 Å². The first-order valence-corrected chi connectivity index (χ1v) is 9.19. The fourth-order valence-electron chi connectivity index (χ4n) is 3.88. The molecule has 136 valence electrons. The number of nitrogens with one attached hydrogen (secondary N) is 1. The molecule has 0 spiro atoms. The van der Waals surface area contributed by atoms with Crippen LogP contribution in [0.2, 0.25) is 0 Å². The highest BCUT2D eigenvalue weighted by atomic mass is 16.5. The molecule has 0 aromatic heterocycles. The Labute approximate surface area is 149 Å². The standard InChI is InChI=1S/C20H28N2O3/c1-14-11-15(2)13-17(12-14)20(5-4-6-20)19(24)21-16(3)18(23)22-7-9-25-10-8-22/h11-13,16H,4-10H2,1-3H3,(H,21,24). The molecule has 5 nitrogen and oxygen atoms in total. The molecule has 1 unspecified atom stereocenters. The lowest BCUT2D eigenvalue weighted by molar-refractivity contribution is -0.141. The summed E-state index contributed by atoms with van der Waals surface area (Å²) in [6, 6.07) is 5.84. The van der Waals surface area contributed by atoms with E-state index in [1.165, 1.54) is 11.1 Å². The molecular weight excluding hydrogens is 316 g/mol. The van der Waals surface area contributed by atoms with Crippen LogP contribution < -0.4 is 5.32 Å². The predicted octanol–water partition coefficient (Wildman–Crippen LogP) is 2.09. The molecule has 5 heteroatoms. The number of nitrogens with zero attached hydrogens (tertiary/aromatic N) is 1. The summed E-state index contributed by atoms with van der Waals surface area (Å²) in [7, 11) is 0. The van der Waals surface area contributed by atoms with Gasteiger partial charge in [-0.1, -0.05) is 35.7 Å². The smallest absolute Gasteiger partial charge is 0.245 e. The molecule has 1 aliphatic heterocycles. The second kappa shape index (κ2) is 7.16. The lowest BCUT2D eigenvalue weighted by Gasteiger charge is -2.42. The predicted molar refractivity (Wildman–Crippen MR) is 96.4 cm³/mol. The zero-order valence-electron chi connectivity index (χ0n) is 15.4. The van der Waals surface area contributed by atoms with Gasteiger partial charge in [0.05, 0.1) is 18.6 Å². The third-order valence-corrected chi connectivity index (χ3v) is 5.46. The maximum absolute atomic E-state index is 13.1. The number of carbonyl (C=O) groups excluding carboxylic acids is 2. The van der Waals surface area contributed by atoms with E-state index in [9.17, 15) is 9.59 Å². The maximum atomic E-state index is 13.1. The second-order valence-corrected chi connectivity index (χ2v) is 7.44. The molecule has 0 radical (unpaired) electrons. The van der Waals surface area contributed by atoms with Gasteiger partial charge in [-0.2, -0.15) is 0 Å². The van der Waals surface area contributed by atoms with E-state index in [2.05, 4.69) is 37.4 Å². The highest BCUT2D eigenvalue weighted by molar-refractivity contribution is 5.93. The first kappa shape index (κ1) is 17.9. The Bertz CT molecular complexity index is 641. The average molecular weight is 344 g/mol. The Morgan fingerprint density at radius 2 is 1.72 bits per heavy atom. The maximum Gasteiger partial charge on any atom is 0.245 e. The van der Waals surface area contributed by atoms with Crippen molar-refractivity contribution in [3.63, 3.8) is 0 Å². The van der Waals surface area contributed by atoms with Gasteiger partial charge in [0.2, 0.25) is 11.8 Å². The molecule has 25 heavy (non-hydrogen) atoms. The van der Waals surface area contributed by atoms with E-state index < -0.39 is 11.5 Å². The van der Waals surface area contributed by atoms with E-state index in [1.807, 2.05) is 0 Å². The van der Waals surface area contributed by atoms with Crippen molar-refractivity contribution in [2.45, 2.75) is 51.5 Å². The van der Waals surface area contributed by atoms with Gasteiger partial charge in [-0.15, -0.1) is 0 Å². The summed E-state index contributed by atoms with van der Waals surface area (Å²) in [6.45, 7) is 8.24. The molecule has 0 bridgehead atoms.